The Balaban J connectivity index is 2.26. The van der Waals surface area contributed by atoms with Gasteiger partial charge in [0.2, 0.25) is 0 Å². The Morgan fingerprint density at radius 2 is 1.82 bits per heavy atom. The van der Waals surface area contributed by atoms with Crippen LogP contribution in [0.5, 0.6) is 0 Å². The fourth-order valence-electron chi connectivity index (χ4n) is 2.10. The molecule has 0 atom stereocenters. The summed E-state index contributed by atoms with van der Waals surface area (Å²) < 4.78 is 1.01. The number of aromatic nitrogens is 2. The summed E-state index contributed by atoms with van der Waals surface area (Å²) in [5.41, 5.74) is 1.32. The largest absolute Gasteiger partial charge is 0.340 e. The number of carbonyl (C=O) groups excluding carboxylic acids is 1. The number of carbonyl (C=O) groups is 1. The second kappa shape index (κ2) is 7.35. The molecule has 1 aromatic carbocycles. The normalized spacial score (nSPS) is 10.4. The van der Waals surface area contributed by atoms with Gasteiger partial charge in [0.25, 0.3) is 5.91 Å². The summed E-state index contributed by atoms with van der Waals surface area (Å²) in [5.74, 6) is 1.11. The summed E-state index contributed by atoms with van der Waals surface area (Å²) in [6.45, 7) is 7.01. The first kappa shape index (κ1) is 16.4. The first-order valence-electron chi connectivity index (χ1n) is 7.21. The summed E-state index contributed by atoms with van der Waals surface area (Å²) in [5, 5.41) is 3.20. The molecule has 1 heterocycles. The smallest absolute Gasteiger partial charge is 0.272 e. The van der Waals surface area contributed by atoms with Crippen molar-refractivity contribution in [2.45, 2.75) is 20.8 Å². The molecule has 0 saturated heterocycles. The van der Waals surface area contributed by atoms with Crippen LogP contribution in [0.1, 0.15) is 30.2 Å². The number of aryl methyl sites for hydroxylation is 1. The van der Waals surface area contributed by atoms with Crippen molar-refractivity contribution >= 4 is 33.3 Å². The van der Waals surface area contributed by atoms with Crippen LogP contribution in [0.25, 0.3) is 0 Å². The molecule has 0 unspecified atom stereocenters. The second-order valence-corrected chi connectivity index (χ2v) is 5.71. The molecule has 0 aliphatic heterocycles. The van der Waals surface area contributed by atoms with Gasteiger partial charge in [-0.05, 0) is 45.0 Å². The number of halogens is 1. The highest BCUT2D eigenvalue weighted by Gasteiger charge is 2.15. The van der Waals surface area contributed by atoms with E-state index < -0.39 is 0 Å². The third-order valence-electron chi connectivity index (χ3n) is 3.22. The quantitative estimate of drug-likeness (QED) is 0.879. The van der Waals surface area contributed by atoms with Crippen LogP contribution in [0.3, 0.4) is 0 Å². The van der Waals surface area contributed by atoms with E-state index in [0.717, 1.165) is 10.2 Å². The van der Waals surface area contributed by atoms with Gasteiger partial charge >= 0.3 is 0 Å². The molecule has 2 aromatic rings. The summed E-state index contributed by atoms with van der Waals surface area (Å²) in [4.78, 5) is 22.7. The van der Waals surface area contributed by atoms with Crippen LogP contribution in [0, 0.1) is 6.92 Å². The van der Waals surface area contributed by atoms with E-state index in [0.29, 0.717) is 30.4 Å². The lowest BCUT2D eigenvalue weighted by molar-refractivity contribution is 0.0766. The molecule has 1 N–H and O–H groups in total. The minimum atomic E-state index is -0.0747. The molecule has 0 fully saturated rings. The van der Waals surface area contributed by atoms with Crippen LogP contribution in [-0.4, -0.2) is 33.9 Å². The zero-order valence-electron chi connectivity index (χ0n) is 12.9. The lowest BCUT2D eigenvalue weighted by atomic mass is 10.3. The van der Waals surface area contributed by atoms with Gasteiger partial charge in [0.1, 0.15) is 17.3 Å². The van der Waals surface area contributed by atoms with E-state index in [-0.39, 0.29) is 5.91 Å². The highest BCUT2D eigenvalue weighted by molar-refractivity contribution is 9.10. The number of nitrogens with zero attached hydrogens (tertiary/aromatic N) is 3. The Labute approximate surface area is 138 Å². The van der Waals surface area contributed by atoms with Crippen molar-refractivity contribution in [3.05, 3.63) is 46.3 Å². The first-order chi connectivity index (χ1) is 10.5. The van der Waals surface area contributed by atoms with Crippen LogP contribution in [0.2, 0.25) is 0 Å². The van der Waals surface area contributed by atoms with E-state index in [2.05, 4.69) is 31.2 Å². The van der Waals surface area contributed by atoms with Crippen LogP contribution < -0.4 is 5.32 Å². The third-order valence-corrected chi connectivity index (χ3v) is 3.75. The predicted molar refractivity (Wildman–Crippen MR) is 91.4 cm³/mol. The topological polar surface area (TPSA) is 58.1 Å². The number of hydrogen-bond acceptors (Lipinski definition) is 4. The van der Waals surface area contributed by atoms with Crippen molar-refractivity contribution < 1.29 is 4.79 Å². The maximum Gasteiger partial charge on any atom is 0.272 e. The van der Waals surface area contributed by atoms with Crippen LogP contribution >= 0.6 is 15.9 Å². The lowest BCUT2D eigenvalue weighted by Gasteiger charge is -2.18. The van der Waals surface area contributed by atoms with Crippen LogP contribution in [0.4, 0.5) is 11.5 Å². The number of anilines is 2. The average molecular weight is 363 g/mol. The predicted octanol–water partition coefficient (Wildman–Crippen LogP) is 3.77. The van der Waals surface area contributed by atoms with Gasteiger partial charge in [0.15, 0.2) is 0 Å². The van der Waals surface area contributed by atoms with E-state index >= 15 is 0 Å². The fraction of sp³-hybridized carbons (Fsp3) is 0.312. The van der Waals surface area contributed by atoms with Gasteiger partial charge < -0.3 is 10.2 Å². The van der Waals surface area contributed by atoms with E-state index in [1.165, 1.54) is 0 Å². The minimum absolute atomic E-state index is 0.0747. The van der Waals surface area contributed by atoms with Crippen molar-refractivity contribution in [3.63, 3.8) is 0 Å². The summed E-state index contributed by atoms with van der Waals surface area (Å²) in [6, 6.07) is 9.45. The van der Waals surface area contributed by atoms with Crippen molar-refractivity contribution in [2.75, 3.05) is 18.4 Å². The standard InChI is InChI=1S/C16H19BrN4O/c1-4-21(5-2)16(22)14-10-15(19-11(3)18-14)20-13-8-6-12(17)7-9-13/h6-10H,4-5H2,1-3H3,(H,18,19,20). The zero-order chi connectivity index (χ0) is 16.1. The third kappa shape index (κ3) is 4.04. The Morgan fingerprint density at radius 3 is 2.41 bits per heavy atom. The Hall–Kier alpha value is -1.95. The van der Waals surface area contributed by atoms with Gasteiger partial charge in [-0.3, -0.25) is 4.79 Å². The van der Waals surface area contributed by atoms with E-state index in [1.807, 2.05) is 38.1 Å². The molecule has 0 saturated carbocycles. The lowest BCUT2D eigenvalue weighted by Crippen LogP contribution is -2.31. The molecule has 0 aliphatic carbocycles. The minimum Gasteiger partial charge on any atom is -0.340 e. The molecule has 6 heteroatoms. The number of amides is 1. The van der Waals surface area contributed by atoms with Crippen molar-refractivity contribution in [3.8, 4) is 0 Å². The summed E-state index contributed by atoms with van der Waals surface area (Å²) in [6.07, 6.45) is 0. The van der Waals surface area contributed by atoms with E-state index in [4.69, 9.17) is 0 Å². The molecule has 2 rings (SSSR count). The highest BCUT2D eigenvalue weighted by atomic mass is 79.9. The van der Waals surface area contributed by atoms with Crippen LogP contribution in [-0.2, 0) is 0 Å². The maximum atomic E-state index is 12.4. The molecular weight excluding hydrogens is 344 g/mol. The SMILES string of the molecule is CCN(CC)C(=O)c1cc(Nc2ccc(Br)cc2)nc(C)n1. The number of benzene rings is 1. The number of nitrogens with one attached hydrogen (secondary N) is 1. The summed E-state index contributed by atoms with van der Waals surface area (Å²) in [7, 11) is 0. The first-order valence-corrected chi connectivity index (χ1v) is 8.00. The van der Waals surface area contributed by atoms with Gasteiger partial charge in [-0.25, -0.2) is 9.97 Å². The second-order valence-electron chi connectivity index (χ2n) is 4.79. The zero-order valence-corrected chi connectivity index (χ0v) is 14.5. The Morgan fingerprint density at radius 1 is 1.18 bits per heavy atom. The van der Waals surface area contributed by atoms with Gasteiger partial charge in [0, 0.05) is 29.3 Å². The highest BCUT2D eigenvalue weighted by Crippen LogP contribution is 2.19. The molecule has 1 amide bonds. The van der Waals surface area contributed by atoms with Crippen molar-refractivity contribution in [1.82, 2.24) is 14.9 Å². The van der Waals surface area contributed by atoms with E-state index in [1.54, 1.807) is 17.9 Å². The number of rotatable bonds is 5. The Bertz CT molecular complexity index is 654. The van der Waals surface area contributed by atoms with Crippen LogP contribution in [0.15, 0.2) is 34.8 Å². The molecular formula is C16H19BrN4O. The summed E-state index contributed by atoms with van der Waals surface area (Å²) >= 11 is 3.40. The monoisotopic (exact) mass is 362 g/mol. The van der Waals surface area contributed by atoms with Gasteiger partial charge in [0.05, 0.1) is 0 Å². The molecule has 5 nitrogen and oxygen atoms in total. The fourth-order valence-corrected chi connectivity index (χ4v) is 2.36. The number of hydrogen-bond donors (Lipinski definition) is 1. The van der Waals surface area contributed by atoms with E-state index in [9.17, 15) is 4.79 Å². The Kier molecular flexibility index (Phi) is 5.49. The van der Waals surface area contributed by atoms with Crippen molar-refractivity contribution in [2.24, 2.45) is 0 Å². The molecule has 0 aliphatic rings. The van der Waals surface area contributed by atoms with Gasteiger partial charge in [-0.15, -0.1) is 0 Å². The molecule has 0 bridgehead atoms. The molecule has 1 aromatic heterocycles. The average Bonchev–Trinajstić information content (AvgIpc) is 2.50. The maximum absolute atomic E-state index is 12.4. The van der Waals surface area contributed by atoms with Gasteiger partial charge in [-0.2, -0.15) is 0 Å². The molecule has 22 heavy (non-hydrogen) atoms. The molecule has 0 radical (unpaired) electrons. The molecule has 116 valence electrons. The van der Waals surface area contributed by atoms with Crippen molar-refractivity contribution in [1.29, 1.82) is 0 Å². The molecule has 0 spiro atoms. The van der Waals surface area contributed by atoms with Gasteiger partial charge in [-0.1, -0.05) is 15.9 Å².